The molecule has 0 saturated heterocycles. The minimum absolute atomic E-state index is 0.00124. The molecule has 188 valence electrons. The van der Waals surface area contributed by atoms with Crippen LogP contribution in [0.15, 0.2) is 47.3 Å². The molecule has 1 heterocycles. The Morgan fingerprint density at radius 3 is 2.06 bits per heavy atom. The van der Waals surface area contributed by atoms with Crippen molar-refractivity contribution >= 4 is 5.97 Å². The summed E-state index contributed by atoms with van der Waals surface area (Å²) < 4.78 is 23.1. The van der Waals surface area contributed by atoms with Crippen molar-refractivity contribution in [2.75, 3.05) is 28.4 Å². The zero-order valence-corrected chi connectivity index (χ0v) is 20.7. The lowest BCUT2D eigenvalue weighted by Gasteiger charge is -2.18. The summed E-state index contributed by atoms with van der Waals surface area (Å²) >= 11 is 0. The van der Waals surface area contributed by atoms with Gasteiger partial charge in [-0.25, -0.2) is 0 Å². The number of carbonyl (C=O) groups is 1. The highest BCUT2D eigenvalue weighted by Gasteiger charge is 2.21. The predicted molar refractivity (Wildman–Crippen MR) is 134 cm³/mol. The Morgan fingerprint density at radius 2 is 1.56 bits per heavy atom. The van der Waals surface area contributed by atoms with Gasteiger partial charge in [-0.1, -0.05) is 0 Å². The average Bonchev–Trinajstić information content (AvgIpc) is 2.90. The molecule has 9 nitrogen and oxygen atoms in total. The Morgan fingerprint density at radius 1 is 0.917 bits per heavy atom. The Bertz CT molecular complexity index is 1310. The molecule has 36 heavy (non-hydrogen) atoms. The maximum atomic E-state index is 13.6. The Hall–Kier alpha value is -4.45. The largest absolute Gasteiger partial charge is 0.497 e. The van der Waals surface area contributed by atoms with Crippen LogP contribution in [-0.2, 0) is 11.3 Å². The van der Waals surface area contributed by atoms with E-state index in [1.807, 2.05) is 12.1 Å². The molecule has 0 fully saturated rings. The summed E-state index contributed by atoms with van der Waals surface area (Å²) in [7, 11) is 6.04. The molecule has 0 amide bonds. The highest BCUT2D eigenvalue weighted by Crippen LogP contribution is 2.42. The number of methoxy groups -OCH3 is 4. The molecule has 0 saturated carbocycles. The molecule has 0 aliphatic rings. The van der Waals surface area contributed by atoms with E-state index in [0.717, 1.165) is 5.56 Å². The lowest BCUT2D eigenvalue weighted by molar-refractivity contribution is -0.137. The summed E-state index contributed by atoms with van der Waals surface area (Å²) in [6, 6.07) is 14.4. The van der Waals surface area contributed by atoms with Gasteiger partial charge >= 0.3 is 5.97 Å². The van der Waals surface area contributed by atoms with Gasteiger partial charge < -0.3 is 28.6 Å². The molecule has 3 rings (SSSR count). The van der Waals surface area contributed by atoms with Crippen molar-refractivity contribution in [2.45, 2.75) is 25.8 Å². The van der Waals surface area contributed by atoms with Gasteiger partial charge in [-0.05, 0) is 66.4 Å². The van der Waals surface area contributed by atoms with Crippen LogP contribution in [0.25, 0.3) is 22.4 Å². The molecule has 3 aromatic rings. The fraction of sp³-hybridized carbons (Fsp3) is 0.296. The van der Waals surface area contributed by atoms with Gasteiger partial charge in [-0.2, -0.15) is 5.26 Å². The van der Waals surface area contributed by atoms with E-state index in [1.54, 1.807) is 37.4 Å². The van der Waals surface area contributed by atoms with E-state index < -0.39 is 11.5 Å². The third-order valence-corrected chi connectivity index (χ3v) is 5.80. The second-order valence-electron chi connectivity index (χ2n) is 7.88. The molecule has 1 aromatic heterocycles. The number of rotatable bonds is 11. The third kappa shape index (κ3) is 5.44. The minimum Gasteiger partial charge on any atom is -0.497 e. The molecule has 0 spiro atoms. The number of aliphatic carboxylic acids is 1. The molecule has 0 aliphatic carbocycles. The normalized spacial score (nSPS) is 10.4. The molecule has 0 radical (unpaired) electrons. The Kier molecular flexibility index (Phi) is 8.57. The molecular formula is C27H28N2O7. The van der Waals surface area contributed by atoms with E-state index in [-0.39, 0.29) is 18.5 Å². The van der Waals surface area contributed by atoms with Crippen LogP contribution >= 0.6 is 0 Å². The van der Waals surface area contributed by atoms with Crippen molar-refractivity contribution in [2.24, 2.45) is 0 Å². The van der Waals surface area contributed by atoms with Crippen LogP contribution < -0.4 is 24.5 Å². The SMILES string of the molecule is COc1ccc(-c2cc(-c3cc(OC)c(OC)c(OC)c3)c(C#N)c(=O)n2CCCCC(=O)O)cc1. The summed E-state index contributed by atoms with van der Waals surface area (Å²) in [5.74, 6) is 0.935. The first-order chi connectivity index (χ1) is 17.4. The van der Waals surface area contributed by atoms with Gasteiger partial charge in [-0.15, -0.1) is 0 Å². The summed E-state index contributed by atoms with van der Waals surface area (Å²) in [5, 5.41) is 18.9. The Labute approximate surface area is 209 Å². The molecule has 0 atom stereocenters. The molecule has 9 heteroatoms. The quantitative estimate of drug-likeness (QED) is 0.393. The van der Waals surface area contributed by atoms with E-state index in [9.17, 15) is 14.9 Å². The molecule has 0 aliphatic heterocycles. The van der Waals surface area contributed by atoms with E-state index in [0.29, 0.717) is 52.7 Å². The second kappa shape index (κ2) is 11.8. The number of hydrogen-bond acceptors (Lipinski definition) is 7. The van der Waals surface area contributed by atoms with Gasteiger partial charge in [0, 0.05) is 18.5 Å². The highest BCUT2D eigenvalue weighted by atomic mass is 16.5. The molecule has 2 aromatic carbocycles. The summed E-state index contributed by atoms with van der Waals surface area (Å²) in [5.41, 5.74) is 1.77. The van der Waals surface area contributed by atoms with Gasteiger partial charge in [-0.3, -0.25) is 9.59 Å². The fourth-order valence-electron chi connectivity index (χ4n) is 3.99. The van der Waals surface area contributed by atoms with Crippen molar-refractivity contribution in [1.82, 2.24) is 4.57 Å². The maximum Gasteiger partial charge on any atom is 0.303 e. The minimum atomic E-state index is -0.895. The lowest BCUT2D eigenvalue weighted by Crippen LogP contribution is -2.25. The summed E-state index contributed by atoms with van der Waals surface area (Å²) in [6.45, 7) is 0.262. The first kappa shape index (κ1) is 26.2. The van der Waals surface area contributed by atoms with Crippen LogP contribution in [0.5, 0.6) is 23.0 Å². The number of ether oxygens (including phenoxy) is 4. The van der Waals surface area contributed by atoms with Crippen molar-refractivity contribution in [3.63, 3.8) is 0 Å². The van der Waals surface area contributed by atoms with E-state index >= 15 is 0 Å². The highest BCUT2D eigenvalue weighted by molar-refractivity contribution is 5.79. The number of aromatic nitrogens is 1. The predicted octanol–water partition coefficient (Wildman–Crippen LogP) is 4.34. The van der Waals surface area contributed by atoms with Gasteiger partial charge in [0.05, 0.1) is 34.1 Å². The smallest absolute Gasteiger partial charge is 0.303 e. The van der Waals surface area contributed by atoms with Crippen molar-refractivity contribution in [3.8, 4) is 51.5 Å². The number of hydrogen-bond donors (Lipinski definition) is 1. The zero-order valence-electron chi connectivity index (χ0n) is 20.7. The molecular weight excluding hydrogens is 464 g/mol. The molecule has 1 N–H and O–H groups in total. The number of pyridine rings is 1. The Balaban J connectivity index is 2.25. The standard InChI is InChI=1S/C27H28N2O7/c1-33-19-10-8-17(9-11-19)22-15-20(18-13-23(34-2)26(36-4)24(14-18)35-3)21(16-28)27(32)29(22)12-6-5-7-25(30)31/h8-11,13-15H,5-7,12H2,1-4H3,(H,30,31). The average molecular weight is 493 g/mol. The van der Waals surface area contributed by atoms with Crippen LogP contribution in [0, 0.1) is 11.3 Å². The van der Waals surface area contributed by atoms with E-state index in [4.69, 9.17) is 24.1 Å². The maximum absolute atomic E-state index is 13.6. The number of carboxylic acid groups (broad SMARTS) is 1. The number of nitriles is 1. The first-order valence-corrected chi connectivity index (χ1v) is 11.2. The summed E-state index contributed by atoms with van der Waals surface area (Å²) in [6.07, 6.45) is 0.866. The van der Waals surface area contributed by atoms with Crippen molar-refractivity contribution in [1.29, 1.82) is 5.26 Å². The molecule has 0 unspecified atom stereocenters. The van der Waals surface area contributed by atoms with Gasteiger partial charge in [0.2, 0.25) is 5.75 Å². The third-order valence-electron chi connectivity index (χ3n) is 5.80. The number of unbranched alkanes of at least 4 members (excludes halogenated alkanes) is 1. The number of nitrogens with zero attached hydrogens (tertiary/aromatic N) is 2. The van der Waals surface area contributed by atoms with Crippen molar-refractivity contribution < 1.29 is 28.8 Å². The molecule has 0 bridgehead atoms. The van der Waals surface area contributed by atoms with E-state index in [2.05, 4.69) is 6.07 Å². The van der Waals surface area contributed by atoms with Crippen molar-refractivity contribution in [3.05, 3.63) is 58.4 Å². The van der Waals surface area contributed by atoms with Crippen LogP contribution in [0.4, 0.5) is 0 Å². The van der Waals surface area contributed by atoms with Crippen LogP contribution in [0.3, 0.4) is 0 Å². The summed E-state index contributed by atoms with van der Waals surface area (Å²) in [4.78, 5) is 24.5. The lowest BCUT2D eigenvalue weighted by atomic mass is 9.97. The zero-order chi connectivity index (χ0) is 26.2. The number of carboxylic acids is 1. The monoisotopic (exact) mass is 492 g/mol. The first-order valence-electron chi connectivity index (χ1n) is 11.2. The fourth-order valence-corrected chi connectivity index (χ4v) is 3.99. The van der Waals surface area contributed by atoms with Crippen LogP contribution in [-0.4, -0.2) is 44.1 Å². The second-order valence-corrected chi connectivity index (χ2v) is 7.88. The number of benzene rings is 2. The van der Waals surface area contributed by atoms with Crippen LogP contribution in [0.1, 0.15) is 24.8 Å². The van der Waals surface area contributed by atoms with Gasteiger partial charge in [0.15, 0.2) is 11.5 Å². The van der Waals surface area contributed by atoms with E-state index in [1.165, 1.54) is 25.9 Å². The van der Waals surface area contributed by atoms with Gasteiger partial charge in [0.25, 0.3) is 5.56 Å². The topological polar surface area (TPSA) is 120 Å². The van der Waals surface area contributed by atoms with Gasteiger partial charge in [0.1, 0.15) is 17.4 Å². The van der Waals surface area contributed by atoms with Crippen LogP contribution in [0.2, 0.25) is 0 Å².